The highest BCUT2D eigenvalue weighted by Crippen LogP contribution is 2.20. The summed E-state index contributed by atoms with van der Waals surface area (Å²) >= 11 is 0. The van der Waals surface area contributed by atoms with E-state index in [-0.39, 0.29) is 11.9 Å². The molecular weight excluding hydrogens is 263 g/mol. The fraction of sp³-hybridized carbons (Fsp3) is 0.667. The largest absolute Gasteiger partial charge is 0.313 e. The molecule has 0 aliphatic rings. The van der Waals surface area contributed by atoms with Crippen LogP contribution in [0.15, 0.2) is 24.3 Å². The Labute approximate surface area is 129 Å². The fourth-order valence-electron chi connectivity index (χ4n) is 2.62. The summed E-state index contributed by atoms with van der Waals surface area (Å²) in [5.41, 5.74) is 0.783. The highest BCUT2D eigenvalue weighted by atomic mass is 19.1. The van der Waals surface area contributed by atoms with Gasteiger partial charge in [-0.15, -0.1) is 0 Å². The fourth-order valence-corrected chi connectivity index (χ4v) is 2.62. The van der Waals surface area contributed by atoms with Crippen LogP contribution in [0.5, 0.6) is 0 Å². The van der Waals surface area contributed by atoms with Crippen molar-refractivity contribution in [2.24, 2.45) is 0 Å². The first kappa shape index (κ1) is 18.1. The second kappa shape index (κ2) is 10.7. The van der Waals surface area contributed by atoms with Gasteiger partial charge in [-0.05, 0) is 52.0 Å². The Bertz CT molecular complexity index is 373. The van der Waals surface area contributed by atoms with Crippen molar-refractivity contribution in [3.63, 3.8) is 0 Å². The van der Waals surface area contributed by atoms with E-state index in [9.17, 15) is 4.39 Å². The topological polar surface area (TPSA) is 15.3 Å². The molecule has 0 fully saturated rings. The molecule has 2 nitrogen and oxygen atoms in total. The molecule has 0 spiro atoms. The molecule has 1 atom stereocenters. The van der Waals surface area contributed by atoms with E-state index in [0.29, 0.717) is 0 Å². The molecule has 0 saturated heterocycles. The molecular formula is C18H31FN2. The minimum Gasteiger partial charge on any atom is -0.313 e. The SMILES string of the molecule is CCCCN(CCCC)CCC(NC)c1ccccc1F. The van der Waals surface area contributed by atoms with Crippen molar-refractivity contribution in [3.05, 3.63) is 35.6 Å². The third kappa shape index (κ3) is 6.58. The van der Waals surface area contributed by atoms with Crippen molar-refractivity contribution in [2.45, 2.75) is 52.0 Å². The molecule has 0 aliphatic heterocycles. The summed E-state index contributed by atoms with van der Waals surface area (Å²) in [7, 11) is 1.92. The Morgan fingerprint density at radius 3 is 2.19 bits per heavy atom. The van der Waals surface area contributed by atoms with Crippen molar-refractivity contribution in [3.8, 4) is 0 Å². The summed E-state index contributed by atoms with van der Waals surface area (Å²) in [5.74, 6) is -0.106. The minimum atomic E-state index is -0.106. The van der Waals surface area contributed by atoms with E-state index in [1.807, 2.05) is 19.2 Å². The number of rotatable bonds is 11. The van der Waals surface area contributed by atoms with Gasteiger partial charge in [0.2, 0.25) is 0 Å². The Hall–Kier alpha value is -0.930. The van der Waals surface area contributed by atoms with Gasteiger partial charge in [0.05, 0.1) is 0 Å². The smallest absolute Gasteiger partial charge is 0.127 e. The zero-order valence-corrected chi connectivity index (χ0v) is 13.9. The van der Waals surface area contributed by atoms with Crippen LogP contribution < -0.4 is 5.32 Å². The number of benzene rings is 1. The van der Waals surface area contributed by atoms with Crippen LogP contribution in [0.1, 0.15) is 57.6 Å². The summed E-state index contributed by atoms with van der Waals surface area (Å²) in [5, 5.41) is 3.26. The Morgan fingerprint density at radius 1 is 1.05 bits per heavy atom. The molecule has 0 aliphatic carbocycles. The normalized spacial score (nSPS) is 12.8. The van der Waals surface area contributed by atoms with E-state index < -0.39 is 0 Å². The average molecular weight is 294 g/mol. The molecule has 1 aromatic rings. The monoisotopic (exact) mass is 294 g/mol. The highest BCUT2D eigenvalue weighted by Gasteiger charge is 2.15. The molecule has 1 rings (SSSR count). The van der Waals surface area contributed by atoms with E-state index >= 15 is 0 Å². The third-order valence-electron chi connectivity index (χ3n) is 4.02. The Morgan fingerprint density at radius 2 is 1.67 bits per heavy atom. The second-order valence-electron chi connectivity index (χ2n) is 5.70. The van der Waals surface area contributed by atoms with Crippen LogP contribution in [-0.4, -0.2) is 31.6 Å². The van der Waals surface area contributed by atoms with Crippen LogP contribution in [0.4, 0.5) is 4.39 Å². The summed E-state index contributed by atoms with van der Waals surface area (Å²) in [6.45, 7) is 7.80. The molecule has 0 bridgehead atoms. The first-order valence-corrected chi connectivity index (χ1v) is 8.36. The zero-order chi connectivity index (χ0) is 15.5. The summed E-state index contributed by atoms with van der Waals surface area (Å²) in [4.78, 5) is 2.53. The lowest BCUT2D eigenvalue weighted by molar-refractivity contribution is 0.250. The molecule has 120 valence electrons. The number of unbranched alkanes of at least 4 members (excludes halogenated alkanes) is 2. The summed E-state index contributed by atoms with van der Waals surface area (Å²) in [6.07, 6.45) is 5.89. The number of nitrogens with one attached hydrogen (secondary N) is 1. The van der Waals surface area contributed by atoms with Crippen LogP contribution in [0.3, 0.4) is 0 Å². The van der Waals surface area contributed by atoms with Gasteiger partial charge in [-0.25, -0.2) is 4.39 Å². The van der Waals surface area contributed by atoms with Gasteiger partial charge in [-0.3, -0.25) is 0 Å². The molecule has 1 aromatic carbocycles. The minimum absolute atomic E-state index is 0.0944. The van der Waals surface area contributed by atoms with E-state index in [4.69, 9.17) is 0 Å². The standard InChI is InChI=1S/C18H31FN2/c1-4-6-13-21(14-7-5-2)15-12-18(20-3)16-10-8-9-11-17(16)19/h8-11,18,20H,4-7,12-15H2,1-3H3. The average Bonchev–Trinajstić information content (AvgIpc) is 2.51. The lowest BCUT2D eigenvalue weighted by Gasteiger charge is -2.25. The lowest BCUT2D eigenvalue weighted by atomic mass is 10.0. The first-order chi connectivity index (χ1) is 10.2. The molecule has 3 heteroatoms. The maximum atomic E-state index is 13.9. The van der Waals surface area contributed by atoms with Gasteiger partial charge in [0.1, 0.15) is 5.82 Å². The van der Waals surface area contributed by atoms with Crippen LogP contribution in [-0.2, 0) is 0 Å². The van der Waals surface area contributed by atoms with Crippen molar-refractivity contribution < 1.29 is 4.39 Å². The molecule has 0 aromatic heterocycles. The Balaban J connectivity index is 2.56. The maximum absolute atomic E-state index is 13.9. The number of hydrogen-bond acceptors (Lipinski definition) is 2. The van der Waals surface area contributed by atoms with Crippen molar-refractivity contribution in [1.82, 2.24) is 10.2 Å². The molecule has 0 heterocycles. The predicted octanol–water partition coefficient (Wildman–Crippen LogP) is 4.38. The lowest BCUT2D eigenvalue weighted by Crippen LogP contribution is -2.30. The maximum Gasteiger partial charge on any atom is 0.127 e. The summed E-state index contributed by atoms with van der Waals surface area (Å²) in [6, 6.07) is 7.19. The highest BCUT2D eigenvalue weighted by molar-refractivity contribution is 5.21. The quantitative estimate of drug-likeness (QED) is 0.651. The number of halogens is 1. The molecule has 0 radical (unpaired) electrons. The van der Waals surface area contributed by atoms with Crippen molar-refractivity contribution in [1.29, 1.82) is 0 Å². The van der Waals surface area contributed by atoms with E-state index in [2.05, 4.69) is 24.1 Å². The Kier molecular flexibility index (Phi) is 9.27. The van der Waals surface area contributed by atoms with Crippen LogP contribution in [0, 0.1) is 5.82 Å². The van der Waals surface area contributed by atoms with Gasteiger partial charge in [0.25, 0.3) is 0 Å². The molecule has 1 unspecified atom stereocenters. The van der Waals surface area contributed by atoms with E-state index in [1.165, 1.54) is 25.7 Å². The predicted molar refractivity (Wildman–Crippen MR) is 89.1 cm³/mol. The third-order valence-corrected chi connectivity index (χ3v) is 4.02. The van der Waals surface area contributed by atoms with Gasteiger partial charge < -0.3 is 10.2 Å². The van der Waals surface area contributed by atoms with Gasteiger partial charge in [-0.1, -0.05) is 44.9 Å². The van der Waals surface area contributed by atoms with Gasteiger partial charge in [-0.2, -0.15) is 0 Å². The van der Waals surface area contributed by atoms with Gasteiger partial charge in [0.15, 0.2) is 0 Å². The van der Waals surface area contributed by atoms with Crippen LogP contribution >= 0.6 is 0 Å². The van der Waals surface area contributed by atoms with Crippen LogP contribution in [0.25, 0.3) is 0 Å². The summed E-state index contributed by atoms with van der Waals surface area (Å²) < 4.78 is 13.9. The van der Waals surface area contributed by atoms with Crippen LogP contribution in [0.2, 0.25) is 0 Å². The zero-order valence-electron chi connectivity index (χ0n) is 13.9. The molecule has 21 heavy (non-hydrogen) atoms. The molecule has 1 N–H and O–H groups in total. The first-order valence-electron chi connectivity index (χ1n) is 8.36. The number of hydrogen-bond donors (Lipinski definition) is 1. The van der Waals surface area contributed by atoms with E-state index in [1.54, 1.807) is 12.1 Å². The molecule has 0 amide bonds. The van der Waals surface area contributed by atoms with Gasteiger partial charge in [0, 0.05) is 11.6 Å². The molecule has 0 saturated carbocycles. The second-order valence-corrected chi connectivity index (χ2v) is 5.70. The van der Waals surface area contributed by atoms with Gasteiger partial charge >= 0.3 is 0 Å². The van der Waals surface area contributed by atoms with Crippen molar-refractivity contribution in [2.75, 3.05) is 26.7 Å². The number of nitrogens with zero attached hydrogens (tertiary/aromatic N) is 1. The van der Waals surface area contributed by atoms with E-state index in [0.717, 1.165) is 31.6 Å². The van der Waals surface area contributed by atoms with Crippen molar-refractivity contribution >= 4 is 0 Å².